The Morgan fingerprint density at radius 1 is 0.933 bits per heavy atom. The summed E-state index contributed by atoms with van der Waals surface area (Å²) in [6.45, 7) is 2.14. The van der Waals surface area contributed by atoms with E-state index in [1.807, 2.05) is 49.4 Å². The second-order valence-corrected chi connectivity index (χ2v) is 8.78. The summed E-state index contributed by atoms with van der Waals surface area (Å²) >= 11 is 0. The van der Waals surface area contributed by atoms with Gasteiger partial charge in [-0.3, -0.25) is 9.78 Å². The predicted octanol–water partition coefficient (Wildman–Crippen LogP) is 3.40. The van der Waals surface area contributed by atoms with Gasteiger partial charge in [0.15, 0.2) is 0 Å². The highest BCUT2D eigenvalue weighted by Gasteiger charge is 2.15. The third-order valence-corrected chi connectivity index (χ3v) is 6.37. The summed E-state index contributed by atoms with van der Waals surface area (Å²) < 4.78 is 27.2. The van der Waals surface area contributed by atoms with Crippen molar-refractivity contribution in [3.63, 3.8) is 0 Å². The fourth-order valence-electron chi connectivity index (χ4n) is 3.36. The highest BCUT2D eigenvalue weighted by Crippen LogP contribution is 2.27. The monoisotopic (exact) mass is 419 g/mol. The number of pyridine rings is 1. The molecule has 0 fully saturated rings. The van der Waals surface area contributed by atoms with Crippen LogP contribution >= 0.6 is 0 Å². The lowest BCUT2D eigenvalue weighted by atomic mass is 10.0. The molecule has 0 aliphatic carbocycles. The maximum absolute atomic E-state index is 12.8. The molecule has 0 aliphatic heterocycles. The standard InChI is InChI=1S/C23H21N3O3S/c1-16-8-10-18(11-9-16)30(28,29)26-14-13-25-23(27)21-15-17-5-2-3-6-19(17)20-7-4-12-24-22(20)21/h2-12,15,26H,13-14H2,1H3,(H,25,27). The first-order valence-corrected chi connectivity index (χ1v) is 11.0. The van der Waals surface area contributed by atoms with Gasteiger partial charge in [-0.1, -0.05) is 48.0 Å². The third-order valence-electron chi connectivity index (χ3n) is 4.89. The van der Waals surface area contributed by atoms with Crippen LogP contribution in [0, 0.1) is 6.92 Å². The molecular weight excluding hydrogens is 398 g/mol. The zero-order chi connectivity index (χ0) is 21.1. The number of sulfonamides is 1. The third kappa shape index (κ3) is 4.03. The molecule has 0 spiro atoms. The minimum absolute atomic E-state index is 0.0842. The van der Waals surface area contributed by atoms with Crippen LogP contribution in [0.4, 0.5) is 0 Å². The van der Waals surface area contributed by atoms with E-state index < -0.39 is 10.0 Å². The maximum atomic E-state index is 12.8. The molecule has 0 bridgehead atoms. The second kappa shape index (κ2) is 8.22. The molecule has 30 heavy (non-hydrogen) atoms. The van der Waals surface area contributed by atoms with Crippen molar-refractivity contribution in [2.45, 2.75) is 11.8 Å². The lowest BCUT2D eigenvalue weighted by molar-refractivity contribution is 0.0956. The van der Waals surface area contributed by atoms with Crippen LogP contribution in [0.1, 0.15) is 15.9 Å². The summed E-state index contributed by atoms with van der Waals surface area (Å²) in [5.74, 6) is -0.293. The van der Waals surface area contributed by atoms with Crippen LogP contribution in [0.3, 0.4) is 0 Å². The van der Waals surface area contributed by atoms with Crippen molar-refractivity contribution in [1.82, 2.24) is 15.0 Å². The molecule has 3 aromatic carbocycles. The fourth-order valence-corrected chi connectivity index (χ4v) is 4.39. The summed E-state index contributed by atoms with van der Waals surface area (Å²) in [7, 11) is -3.62. The summed E-state index contributed by atoms with van der Waals surface area (Å²) in [4.78, 5) is 17.4. The summed E-state index contributed by atoms with van der Waals surface area (Å²) in [5.41, 5.74) is 2.07. The number of carbonyl (C=O) groups excluding carboxylic acids is 1. The molecule has 152 valence electrons. The SMILES string of the molecule is Cc1ccc(S(=O)(=O)NCCNC(=O)c2cc3ccccc3c3cccnc23)cc1. The first kappa shape index (κ1) is 20.0. The molecule has 0 aliphatic rings. The predicted molar refractivity (Wildman–Crippen MR) is 118 cm³/mol. The minimum Gasteiger partial charge on any atom is -0.351 e. The fraction of sp³-hybridized carbons (Fsp3) is 0.130. The molecule has 4 aromatic rings. The molecule has 0 atom stereocenters. The summed E-state index contributed by atoms with van der Waals surface area (Å²) in [6.07, 6.45) is 1.66. The molecular formula is C23H21N3O3S. The normalized spacial score (nSPS) is 11.6. The first-order chi connectivity index (χ1) is 14.5. The van der Waals surface area contributed by atoms with Gasteiger partial charge in [0.2, 0.25) is 10.0 Å². The number of benzene rings is 3. The molecule has 1 aromatic heterocycles. The average Bonchev–Trinajstić information content (AvgIpc) is 2.76. The second-order valence-electron chi connectivity index (χ2n) is 7.01. The van der Waals surface area contributed by atoms with Crippen LogP contribution in [0.5, 0.6) is 0 Å². The number of aromatic nitrogens is 1. The Labute approximate surface area is 175 Å². The number of hydrogen-bond donors (Lipinski definition) is 2. The van der Waals surface area contributed by atoms with Gasteiger partial charge in [-0.2, -0.15) is 0 Å². The van der Waals surface area contributed by atoms with Gasteiger partial charge in [0.1, 0.15) is 0 Å². The van der Waals surface area contributed by atoms with E-state index in [1.54, 1.807) is 30.5 Å². The average molecular weight is 420 g/mol. The van der Waals surface area contributed by atoms with Crippen molar-refractivity contribution in [3.05, 3.63) is 84.1 Å². The highest BCUT2D eigenvalue weighted by atomic mass is 32.2. The van der Waals surface area contributed by atoms with Crippen LogP contribution in [-0.4, -0.2) is 32.4 Å². The Morgan fingerprint density at radius 2 is 1.67 bits per heavy atom. The first-order valence-electron chi connectivity index (χ1n) is 9.57. The molecule has 0 saturated carbocycles. The van der Waals surface area contributed by atoms with E-state index in [4.69, 9.17) is 0 Å². The van der Waals surface area contributed by atoms with E-state index in [9.17, 15) is 13.2 Å². The van der Waals surface area contributed by atoms with Crippen LogP contribution in [-0.2, 0) is 10.0 Å². The minimum atomic E-state index is -3.62. The van der Waals surface area contributed by atoms with Gasteiger partial charge in [0.25, 0.3) is 5.91 Å². The van der Waals surface area contributed by atoms with Crippen molar-refractivity contribution in [3.8, 4) is 0 Å². The molecule has 7 heteroatoms. The Bertz CT molecular complexity index is 1330. The van der Waals surface area contributed by atoms with Gasteiger partial charge >= 0.3 is 0 Å². The summed E-state index contributed by atoms with van der Waals surface area (Å²) in [6, 6.07) is 20.0. The van der Waals surface area contributed by atoms with Crippen LogP contribution in [0.25, 0.3) is 21.7 Å². The van der Waals surface area contributed by atoms with E-state index in [2.05, 4.69) is 15.0 Å². The number of rotatable bonds is 6. The summed E-state index contributed by atoms with van der Waals surface area (Å²) in [5, 5.41) is 5.66. The van der Waals surface area contributed by atoms with E-state index in [1.165, 1.54) is 0 Å². The van der Waals surface area contributed by atoms with E-state index in [0.29, 0.717) is 11.1 Å². The number of hydrogen-bond acceptors (Lipinski definition) is 4. The largest absolute Gasteiger partial charge is 0.351 e. The quantitative estimate of drug-likeness (QED) is 0.370. The molecule has 1 amide bonds. The maximum Gasteiger partial charge on any atom is 0.253 e. The molecule has 6 nitrogen and oxygen atoms in total. The van der Waals surface area contributed by atoms with Crippen molar-refractivity contribution >= 4 is 37.6 Å². The van der Waals surface area contributed by atoms with Crippen molar-refractivity contribution < 1.29 is 13.2 Å². The van der Waals surface area contributed by atoms with Gasteiger partial charge in [-0.25, -0.2) is 13.1 Å². The van der Waals surface area contributed by atoms with E-state index in [0.717, 1.165) is 21.7 Å². The molecule has 4 rings (SSSR count). The number of nitrogens with one attached hydrogen (secondary N) is 2. The smallest absolute Gasteiger partial charge is 0.253 e. The number of aryl methyl sites for hydroxylation is 1. The van der Waals surface area contributed by atoms with Gasteiger partial charge in [0.05, 0.1) is 16.0 Å². The molecule has 2 N–H and O–H groups in total. The van der Waals surface area contributed by atoms with E-state index in [-0.39, 0.29) is 23.9 Å². The van der Waals surface area contributed by atoms with E-state index >= 15 is 0 Å². The zero-order valence-electron chi connectivity index (χ0n) is 16.4. The van der Waals surface area contributed by atoms with Crippen molar-refractivity contribution in [1.29, 1.82) is 0 Å². The number of amides is 1. The molecule has 0 saturated heterocycles. The van der Waals surface area contributed by atoms with Gasteiger partial charge in [-0.05, 0) is 42.0 Å². The number of carbonyl (C=O) groups is 1. The van der Waals surface area contributed by atoms with Crippen LogP contribution < -0.4 is 10.0 Å². The highest BCUT2D eigenvalue weighted by molar-refractivity contribution is 7.89. The van der Waals surface area contributed by atoms with Gasteiger partial charge in [-0.15, -0.1) is 0 Å². The van der Waals surface area contributed by atoms with Gasteiger partial charge < -0.3 is 5.32 Å². The van der Waals surface area contributed by atoms with Crippen molar-refractivity contribution in [2.75, 3.05) is 13.1 Å². The zero-order valence-corrected chi connectivity index (χ0v) is 17.2. The Balaban J connectivity index is 1.48. The molecule has 0 radical (unpaired) electrons. The Kier molecular flexibility index (Phi) is 5.48. The van der Waals surface area contributed by atoms with Crippen LogP contribution in [0.2, 0.25) is 0 Å². The van der Waals surface area contributed by atoms with Crippen LogP contribution in [0.15, 0.2) is 77.8 Å². The lowest BCUT2D eigenvalue weighted by Gasteiger charge is -2.11. The Morgan fingerprint density at radius 3 is 2.47 bits per heavy atom. The van der Waals surface area contributed by atoms with Gasteiger partial charge in [0, 0.05) is 24.7 Å². The number of fused-ring (bicyclic) bond motifs is 3. The Hall–Kier alpha value is -3.29. The molecule has 1 heterocycles. The molecule has 0 unspecified atom stereocenters. The topological polar surface area (TPSA) is 88.2 Å². The van der Waals surface area contributed by atoms with Crippen molar-refractivity contribution in [2.24, 2.45) is 0 Å². The lowest BCUT2D eigenvalue weighted by Crippen LogP contribution is -2.34. The number of nitrogens with zero attached hydrogens (tertiary/aromatic N) is 1.